The molecule has 3 aromatic heterocycles. The number of Topliss-reactive ketones (excluding diaryl/α,β-unsaturated/α-hetero) is 1. The van der Waals surface area contributed by atoms with Crippen LogP contribution in [0.1, 0.15) is 59.3 Å². The topological polar surface area (TPSA) is 73.0 Å². The summed E-state index contributed by atoms with van der Waals surface area (Å²) >= 11 is 0. The van der Waals surface area contributed by atoms with Gasteiger partial charge < -0.3 is 0 Å². The van der Waals surface area contributed by atoms with Gasteiger partial charge in [0, 0.05) is 30.6 Å². The van der Waals surface area contributed by atoms with E-state index in [1.807, 2.05) is 12.1 Å². The van der Waals surface area contributed by atoms with Gasteiger partial charge >= 0.3 is 0 Å². The molecule has 3 heterocycles. The van der Waals surface area contributed by atoms with E-state index in [4.69, 9.17) is 0 Å². The van der Waals surface area contributed by atoms with Crippen molar-refractivity contribution in [2.24, 2.45) is 0 Å². The molecular weight excluding hydrogens is 362 g/mol. The molecule has 0 amide bonds. The second kappa shape index (κ2) is 6.88. The van der Waals surface area contributed by atoms with Crippen LogP contribution in [0.25, 0.3) is 17.2 Å². The van der Waals surface area contributed by atoms with Crippen molar-refractivity contribution in [3.8, 4) is 11.4 Å². The van der Waals surface area contributed by atoms with Crippen LogP contribution in [0.3, 0.4) is 0 Å². The number of aromatic nitrogens is 5. The number of carbonyl (C=O) groups excluding carboxylic acids is 1. The summed E-state index contributed by atoms with van der Waals surface area (Å²) in [5.41, 5.74) is 4.85. The quantitative estimate of drug-likeness (QED) is 0.529. The number of ketones is 1. The SMILES string of the molecule is CC(C)c1ccc(C2CC(=O)c3cnc4nc(-c5cccnc5)nn4c3C2)cc1. The minimum Gasteiger partial charge on any atom is -0.294 e. The second-order valence-electron chi connectivity index (χ2n) is 7.86. The zero-order valence-corrected chi connectivity index (χ0v) is 16.4. The number of hydrogen-bond donors (Lipinski definition) is 0. The minimum absolute atomic E-state index is 0.108. The van der Waals surface area contributed by atoms with E-state index in [1.165, 1.54) is 11.1 Å². The van der Waals surface area contributed by atoms with Crippen LogP contribution in [0.5, 0.6) is 0 Å². The molecule has 0 aliphatic heterocycles. The molecule has 0 saturated heterocycles. The Morgan fingerprint density at radius 2 is 1.90 bits per heavy atom. The molecule has 0 fully saturated rings. The molecule has 144 valence electrons. The van der Waals surface area contributed by atoms with Crippen LogP contribution >= 0.6 is 0 Å². The zero-order valence-electron chi connectivity index (χ0n) is 16.4. The van der Waals surface area contributed by atoms with E-state index in [2.05, 4.69) is 58.2 Å². The first-order valence-corrected chi connectivity index (χ1v) is 9.88. The fourth-order valence-electron chi connectivity index (χ4n) is 3.95. The lowest BCUT2D eigenvalue weighted by atomic mass is 9.81. The molecule has 5 rings (SSSR count). The van der Waals surface area contributed by atoms with Gasteiger partial charge in [-0.1, -0.05) is 38.1 Å². The van der Waals surface area contributed by atoms with Gasteiger partial charge in [0.05, 0.1) is 11.3 Å². The summed E-state index contributed by atoms with van der Waals surface area (Å²) in [7, 11) is 0. The molecule has 1 unspecified atom stereocenters. The third-order valence-electron chi connectivity index (χ3n) is 5.63. The maximum atomic E-state index is 12.9. The number of pyridine rings is 1. The highest BCUT2D eigenvalue weighted by molar-refractivity contribution is 5.98. The Morgan fingerprint density at radius 1 is 1.07 bits per heavy atom. The average Bonchev–Trinajstić information content (AvgIpc) is 3.19. The summed E-state index contributed by atoms with van der Waals surface area (Å²) in [6.45, 7) is 4.37. The van der Waals surface area contributed by atoms with E-state index in [1.54, 1.807) is 23.1 Å². The summed E-state index contributed by atoms with van der Waals surface area (Å²) in [4.78, 5) is 25.9. The monoisotopic (exact) mass is 383 g/mol. The Kier molecular flexibility index (Phi) is 4.19. The maximum absolute atomic E-state index is 12.9. The molecule has 0 saturated carbocycles. The highest BCUT2D eigenvalue weighted by Crippen LogP contribution is 2.33. The summed E-state index contributed by atoms with van der Waals surface area (Å²) < 4.78 is 1.73. The largest absolute Gasteiger partial charge is 0.294 e. The van der Waals surface area contributed by atoms with Gasteiger partial charge in [-0.05, 0) is 41.5 Å². The molecule has 1 aromatic carbocycles. The van der Waals surface area contributed by atoms with Gasteiger partial charge in [-0.25, -0.2) is 4.98 Å². The molecule has 29 heavy (non-hydrogen) atoms. The average molecular weight is 383 g/mol. The fourth-order valence-corrected chi connectivity index (χ4v) is 3.95. The summed E-state index contributed by atoms with van der Waals surface area (Å²) in [5.74, 6) is 1.80. The van der Waals surface area contributed by atoms with Crippen molar-refractivity contribution in [2.45, 2.75) is 38.5 Å². The van der Waals surface area contributed by atoms with Crippen LogP contribution in [-0.2, 0) is 6.42 Å². The summed E-state index contributed by atoms with van der Waals surface area (Å²) in [5, 5.41) is 4.65. The van der Waals surface area contributed by atoms with Gasteiger partial charge in [-0.15, -0.1) is 5.10 Å². The molecule has 1 aliphatic carbocycles. The molecule has 0 bridgehead atoms. The second-order valence-corrected chi connectivity index (χ2v) is 7.86. The molecule has 4 aromatic rings. The number of nitrogens with zero attached hydrogens (tertiary/aromatic N) is 5. The Labute approximate surface area is 168 Å². The summed E-state index contributed by atoms with van der Waals surface area (Å²) in [6, 6.07) is 12.4. The first kappa shape index (κ1) is 17.7. The van der Waals surface area contributed by atoms with Gasteiger partial charge in [-0.2, -0.15) is 9.50 Å². The van der Waals surface area contributed by atoms with Crippen molar-refractivity contribution in [3.63, 3.8) is 0 Å². The van der Waals surface area contributed by atoms with Crippen LogP contribution in [0.4, 0.5) is 0 Å². The van der Waals surface area contributed by atoms with E-state index in [9.17, 15) is 4.79 Å². The van der Waals surface area contributed by atoms with Gasteiger partial charge in [0.2, 0.25) is 0 Å². The molecule has 0 radical (unpaired) electrons. The number of fused-ring (bicyclic) bond motifs is 3. The predicted octanol–water partition coefficient (Wildman–Crippen LogP) is 4.22. The van der Waals surface area contributed by atoms with Crippen LogP contribution in [-0.4, -0.2) is 30.3 Å². The molecule has 0 N–H and O–H groups in total. The predicted molar refractivity (Wildman–Crippen MR) is 110 cm³/mol. The third kappa shape index (κ3) is 3.10. The maximum Gasteiger partial charge on any atom is 0.252 e. The van der Waals surface area contributed by atoms with Crippen molar-refractivity contribution in [1.29, 1.82) is 0 Å². The van der Waals surface area contributed by atoms with E-state index < -0.39 is 0 Å². The van der Waals surface area contributed by atoms with Crippen molar-refractivity contribution < 1.29 is 4.79 Å². The highest BCUT2D eigenvalue weighted by Gasteiger charge is 2.29. The van der Waals surface area contributed by atoms with Gasteiger partial charge in [0.25, 0.3) is 5.78 Å². The standard InChI is InChI=1S/C23H21N5O/c1-14(2)15-5-7-16(8-6-15)18-10-20-19(21(29)11-18)13-25-23-26-22(27-28(20)23)17-4-3-9-24-12-17/h3-9,12-14,18H,10-11H2,1-2H3. The molecule has 1 atom stereocenters. The van der Waals surface area contributed by atoms with Crippen molar-refractivity contribution in [3.05, 3.63) is 77.4 Å². The molecular formula is C23H21N5O. The van der Waals surface area contributed by atoms with Crippen molar-refractivity contribution in [2.75, 3.05) is 0 Å². The third-order valence-corrected chi connectivity index (χ3v) is 5.63. The lowest BCUT2D eigenvalue weighted by molar-refractivity contribution is 0.0962. The van der Waals surface area contributed by atoms with Crippen LogP contribution in [0.15, 0.2) is 55.0 Å². The Hall–Kier alpha value is -3.41. The van der Waals surface area contributed by atoms with Crippen LogP contribution in [0.2, 0.25) is 0 Å². The van der Waals surface area contributed by atoms with Crippen molar-refractivity contribution in [1.82, 2.24) is 24.6 Å². The van der Waals surface area contributed by atoms with Crippen molar-refractivity contribution >= 4 is 11.6 Å². The lowest BCUT2D eigenvalue weighted by Crippen LogP contribution is -2.22. The molecule has 6 nitrogen and oxygen atoms in total. The Bertz CT molecular complexity index is 1200. The minimum atomic E-state index is 0.108. The molecule has 6 heteroatoms. The van der Waals surface area contributed by atoms with Gasteiger partial charge in [0.15, 0.2) is 11.6 Å². The number of carbonyl (C=O) groups is 1. The smallest absolute Gasteiger partial charge is 0.252 e. The fraction of sp³-hybridized carbons (Fsp3) is 0.261. The van der Waals surface area contributed by atoms with Gasteiger partial charge in [0.1, 0.15) is 0 Å². The van der Waals surface area contributed by atoms with E-state index in [0.717, 1.165) is 17.7 Å². The van der Waals surface area contributed by atoms with E-state index in [0.29, 0.717) is 29.5 Å². The van der Waals surface area contributed by atoms with E-state index >= 15 is 0 Å². The first-order valence-electron chi connectivity index (χ1n) is 9.88. The molecule has 1 aliphatic rings. The van der Waals surface area contributed by atoms with Gasteiger partial charge in [-0.3, -0.25) is 9.78 Å². The Balaban J connectivity index is 1.55. The number of rotatable bonds is 3. The Morgan fingerprint density at radius 3 is 2.62 bits per heavy atom. The highest BCUT2D eigenvalue weighted by atomic mass is 16.1. The number of hydrogen-bond acceptors (Lipinski definition) is 5. The first-order chi connectivity index (χ1) is 14.1. The normalized spacial score (nSPS) is 16.4. The van der Waals surface area contributed by atoms with Crippen LogP contribution in [0, 0.1) is 0 Å². The van der Waals surface area contributed by atoms with Crippen LogP contribution < -0.4 is 0 Å². The lowest BCUT2D eigenvalue weighted by Gasteiger charge is -2.24. The zero-order chi connectivity index (χ0) is 20.0. The van der Waals surface area contributed by atoms with E-state index in [-0.39, 0.29) is 11.7 Å². The summed E-state index contributed by atoms with van der Waals surface area (Å²) in [6.07, 6.45) is 6.31. The molecule has 0 spiro atoms. The number of benzene rings is 1.